The Hall–Kier alpha value is -1.84. The van der Waals surface area contributed by atoms with Crippen molar-refractivity contribution in [2.75, 3.05) is 7.05 Å². The molecule has 4 heteroatoms. The number of rotatable bonds is 3. The molecule has 0 spiro atoms. The molecule has 1 N–H and O–H groups in total. The number of aromatic carboxylic acids is 1. The summed E-state index contributed by atoms with van der Waals surface area (Å²) >= 11 is 0. The van der Waals surface area contributed by atoms with E-state index in [1.807, 2.05) is 13.8 Å². The number of hydrogen-bond donors (Lipinski definition) is 1. The van der Waals surface area contributed by atoms with Crippen molar-refractivity contribution in [2.45, 2.75) is 27.3 Å². The van der Waals surface area contributed by atoms with E-state index < -0.39 is 5.97 Å². The molecule has 0 fully saturated rings. The molecule has 0 saturated heterocycles. The van der Waals surface area contributed by atoms with Crippen LogP contribution in [0.1, 0.15) is 34.0 Å². The van der Waals surface area contributed by atoms with Gasteiger partial charge in [0.2, 0.25) is 5.91 Å². The Kier molecular flexibility index (Phi) is 3.89. The van der Waals surface area contributed by atoms with E-state index in [0.717, 1.165) is 16.7 Å². The molecule has 4 nitrogen and oxygen atoms in total. The highest BCUT2D eigenvalue weighted by Crippen LogP contribution is 2.18. The summed E-state index contributed by atoms with van der Waals surface area (Å²) in [6.45, 7) is 5.74. The van der Waals surface area contributed by atoms with Gasteiger partial charge in [0, 0.05) is 20.5 Å². The molecule has 0 saturated carbocycles. The van der Waals surface area contributed by atoms with Crippen molar-refractivity contribution in [3.8, 4) is 0 Å². The zero-order chi connectivity index (χ0) is 13.2. The van der Waals surface area contributed by atoms with E-state index in [9.17, 15) is 9.59 Å². The molecule has 1 aromatic carbocycles. The van der Waals surface area contributed by atoms with Gasteiger partial charge < -0.3 is 10.0 Å². The van der Waals surface area contributed by atoms with Crippen LogP contribution in [0.4, 0.5) is 0 Å². The zero-order valence-electron chi connectivity index (χ0n) is 10.6. The van der Waals surface area contributed by atoms with E-state index in [2.05, 4.69) is 0 Å². The smallest absolute Gasteiger partial charge is 0.335 e. The van der Waals surface area contributed by atoms with Crippen LogP contribution in [0.15, 0.2) is 12.1 Å². The average Bonchev–Trinajstić information content (AvgIpc) is 2.22. The zero-order valence-corrected chi connectivity index (χ0v) is 10.6. The Bertz CT molecular complexity index is 443. The van der Waals surface area contributed by atoms with E-state index in [4.69, 9.17) is 5.11 Å². The molecule has 1 amide bonds. The van der Waals surface area contributed by atoms with Crippen molar-refractivity contribution >= 4 is 11.9 Å². The molecule has 0 heterocycles. The number of nitrogens with zero attached hydrogens (tertiary/aromatic N) is 1. The standard InChI is InChI=1S/C13H17NO3/c1-8-5-11(13(16)17)6-9(2)12(8)7-14(4)10(3)15/h5-6H,7H2,1-4H3,(H,16,17). The van der Waals surface area contributed by atoms with E-state index in [-0.39, 0.29) is 11.5 Å². The molecule has 17 heavy (non-hydrogen) atoms. The minimum atomic E-state index is -0.928. The van der Waals surface area contributed by atoms with Gasteiger partial charge in [-0.15, -0.1) is 0 Å². The SMILES string of the molecule is CC(=O)N(C)Cc1c(C)cc(C(=O)O)cc1C. The van der Waals surface area contributed by atoms with Gasteiger partial charge in [0.1, 0.15) is 0 Å². The molecular formula is C13H17NO3. The van der Waals surface area contributed by atoms with Gasteiger partial charge in [-0.25, -0.2) is 4.79 Å². The van der Waals surface area contributed by atoms with Crippen LogP contribution in [0.25, 0.3) is 0 Å². The van der Waals surface area contributed by atoms with E-state index in [1.54, 1.807) is 24.1 Å². The molecule has 0 unspecified atom stereocenters. The number of amides is 1. The lowest BCUT2D eigenvalue weighted by molar-refractivity contribution is -0.128. The second-order valence-electron chi connectivity index (χ2n) is 4.27. The number of aryl methyl sites for hydroxylation is 2. The summed E-state index contributed by atoms with van der Waals surface area (Å²) in [6.07, 6.45) is 0. The first-order valence-corrected chi connectivity index (χ1v) is 5.38. The molecule has 0 radical (unpaired) electrons. The van der Waals surface area contributed by atoms with Gasteiger partial charge in [0.05, 0.1) is 5.56 Å². The summed E-state index contributed by atoms with van der Waals surface area (Å²) in [6, 6.07) is 3.28. The van der Waals surface area contributed by atoms with Crippen LogP contribution >= 0.6 is 0 Å². The molecular weight excluding hydrogens is 218 g/mol. The fraction of sp³-hybridized carbons (Fsp3) is 0.385. The molecule has 0 bridgehead atoms. The van der Waals surface area contributed by atoms with Gasteiger partial charge in [-0.3, -0.25) is 4.79 Å². The highest BCUT2D eigenvalue weighted by Gasteiger charge is 2.12. The number of carboxylic acids is 1. The Morgan fingerprint density at radius 2 is 1.71 bits per heavy atom. The molecule has 0 atom stereocenters. The fourth-order valence-corrected chi connectivity index (χ4v) is 1.71. The summed E-state index contributed by atoms with van der Waals surface area (Å²) in [5.41, 5.74) is 3.09. The number of carbonyl (C=O) groups excluding carboxylic acids is 1. The molecule has 92 valence electrons. The number of carbonyl (C=O) groups is 2. The summed E-state index contributed by atoms with van der Waals surface area (Å²) in [7, 11) is 1.73. The Morgan fingerprint density at radius 3 is 2.06 bits per heavy atom. The molecule has 0 aliphatic carbocycles. The van der Waals surface area contributed by atoms with Crippen LogP contribution in [-0.2, 0) is 11.3 Å². The van der Waals surface area contributed by atoms with Gasteiger partial charge in [-0.1, -0.05) is 0 Å². The van der Waals surface area contributed by atoms with Crippen LogP contribution in [0.3, 0.4) is 0 Å². The van der Waals surface area contributed by atoms with Crippen LogP contribution in [0, 0.1) is 13.8 Å². The van der Waals surface area contributed by atoms with E-state index >= 15 is 0 Å². The number of hydrogen-bond acceptors (Lipinski definition) is 2. The normalized spacial score (nSPS) is 10.1. The topological polar surface area (TPSA) is 57.6 Å². The average molecular weight is 235 g/mol. The Balaban J connectivity index is 3.10. The highest BCUT2D eigenvalue weighted by molar-refractivity contribution is 5.88. The van der Waals surface area contributed by atoms with Gasteiger partial charge >= 0.3 is 5.97 Å². The number of carboxylic acid groups (broad SMARTS) is 1. The summed E-state index contributed by atoms with van der Waals surface area (Å²) in [4.78, 5) is 23.7. The maximum atomic E-state index is 11.2. The Labute approximate surface area is 101 Å². The third kappa shape index (κ3) is 3.06. The Morgan fingerprint density at radius 1 is 1.24 bits per heavy atom. The second-order valence-corrected chi connectivity index (χ2v) is 4.27. The molecule has 0 aliphatic heterocycles. The van der Waals surface area contributed by atoms with Crippen LogP contribution in [0.5, 0.6) is 0 Å². The van der Waals surface area contributed by atoms with Crippen LogP contribution in [-0.4, -0.2) is 28.9 Å². The maximum absolute atomic E-state index is 11.2. The molecule has 0 aromatic heterocycles. The largest absolute Gasteiger partial charge is 0.478 e. The monoisotopic (exact) mass is 235 g/mol. The van der Waals surface area contributed by atoms with Crippen molar-refractivity contribution in [1.29, 1.82) is 0 Å². The van der Waals surface area contributed by atoms with Crippen molar-refractivity contribution < 1.29 is 14.7 Å². The molecule has 1 rings (SSSR count). The lowest BCUT2D eigenvalue weighted by Gasteiger charge is -2.18. The third-order valence-corrected chi connectivity index (χ3v) is 2.88. The van der Waals surface area contributed by atoms with E-state index in [1.165, 1.54) is 6.92 Å². The lowest BCUT2D eigenvalue weighted by atomic mass is 9.99. The van der Waals surface area contributed by atoms with Crippen LogP contribution in [0.2, 0.25) is 0 Å². The van der Waals surface area contributed by atoms with Gasteiger partial charge in [-0.05, 0) is 42.7 Å². The summed E-state index contributed by atoms with van der Waals surface area (Å²) in [5, 5.41) is 8.93. The minimum absolute atomic E-state index is 0.00823. The summed E-state index contributed by atoms with van der Waals surface area (Å²) < 4.78 is 0. The maximum Gasteiger partial charge on any atom is 0.335 e. The van der Waals surface area contributed by atoms with Crippen molar-refractivity contribution in [3.63, 3.8) is 0 Å². The third-order valence-electron chi connectivity index (χ3n) is 2.88. The van der Waals surface area contributed by atoms with Crippen LogP contribution < -0.4 is 0 Å². The first-order valence-electron chi connectivity index (χ1n) is 5.38. The second kappa shape index (κ2) is 4.99. The first kappa shape index (κ1) is 13.2. The van der Waals surface area contributed by atoms with Crippen molar-refractivity contribution in [3.05, 3.63) is 34.4 Å². The lowest BCUT2D eigenvalue weighted by Crippen LogP contribution is -2.24. The van der Waals surface area contributed by atoms with Gasteiger partial charge in [-0.2, -0.15) is 0 Å². The highest BCUT2D eigenvalue weighted by atomic mass is 16.4. The predicted octanol–water partition coefficient (Wildman–Crippen LogP) is 1.98. The predicted molar refractivity (Wildman–Crippen MR) is 65.0 cm³/mol. The summed E-state index contributed by atoms with van der Waals surface area (Å²) in [5.74, 6) is -0.936. The number of benzene rings is 1. The van der Waals surface area contributed by atoms with Crippen molar-refractivity contribution in [2.24, 2.45) is 0 Å². The van der Waals surface area contributed by atoms with E-state index in [0.29, 0.717) is 6.54 Å². The molecule has 1 aromatic rings. The van der Waals surface area contributed by atoms with Gasteiger partial charge in [0.15, 0.2) is 0 Å². The van der Waals surface area contributed by atoms with Crippen molar-refractivity contribution in [1.82, 2.24) is 4.90 Å². The molecule has 0 aliphatic rings. The fourth-order valence-electron chi connectivity index (χ4n) is 1.71. The minimum Gasteiger partial charge on any atom is -0.478 e. The van der Waals surface area contributed by atoms with Gasteiger partial charge in [0.25, 0.3) is 0 Å². The quantitative estimate of drug-likeness (QED) is 0.871. The first-order chi connectivity index (χ1) is 7.82.